The van der Waals surface area contributed by atoms with Crippen LogP contribution >= 0.6 is 11.3 Å². The van der Waals surface area contributed by atoms with Crippen LogP contribution in [-0.4, -0.2) is 31.7 Å². The normalized spacial score (nSPS) is 11.9. The molecule has 2 amide bonds. The second-order valence-electron chi connectivity index (χ2n) is 5.29. The van der Waals surface area contributed by atoms with Crippen molar-refractivity contribution in [3.8, 4) is 11.3 Å². The summed E-state index contributed by atoms with van der Waals surface area (Å²) in [4.78, 5) is 31.3. The summed E-state index contributed by atoms with van der Waals surface area (Å²) in [6.45, 7) is 1.80. The molecule has 3 rings (SSSR count). The Bertz CT molecular complexity index is 993. The third-order valence-electron chi connectivity index (χ3n) is 3.61. The maximum Gasteiger partial charge on any atom is 0.265 e. The van der Waals surface area contributed by atoms with Crippen LogP contribution in [0.4, 0.5) is 5.13 Å². The minimum absolute atomic E-state index is 0.287. The van der Waals surface area contributed by atoms with E-state index in [1.165, 1.54) is 11.3 Å². The molecule has 1 atom stereocenters. The number of hydrogen-bond acceptors (Lipinski definition) is 5. The number of nitrogens with two attached hydrogens (primary N) is 1. The zero-order valence-electron chi connectivity index (χ0n) is 13.8. The summed E-state index contributed by atoms with van der Waals surface area (Å²) in [7, 11) is -1.23. The summed E-state index contributed by atoms with van der Waals surface area (Å²) in [5.74, 6) is -0.489. The van der Waals surface area contributed by atoms with Gasteiger partial charge >= 0.3 is 0 Å². The van der Waals surface area contributed by atoms with Crippen LogP contribution in [-0.2, 0) is 10.8 Å². The Morgan fingerprint density at radius 3 is 2.81 bits per heavy atom. The number of aromatic nitrogens is 2. The van der Waals surface area contributed by atoms with Gasteiger partial charge in [-0.15, -0.1) is 11.3 Å². The van der Waals surface area contributed by atoms with E-state index in [2.05, 4.69) is 15.3 Å². The Morgan fingerprint density at radius 1 is 1.35 bits per heavy atom. The van der Waals surface area contributed by atoms with Crippen LogP contribution in [0, 0.1) is 0 Å². The summed E-state index contributed by atoms with van der Waals surface area (Å²) in [6.07, 6.45) is 1.63. The maximum absolute atomic E-state index is 12.5. The fourth-order valence-corrected chi connectivity index (χ4v) is 3.98. The number of primary amides is 1. The zero-order valence-corrected chi connectivity index (χ0v) is 15.4. The van der Waals surface area contributed by atoms with Crippen molar-refractivity contribution in [3.05, 3.63) is 53.2 Å². The molecule has 0 fully saturated rings. The molecule has 0 bridgehead atoms. The molecular formula is C17H16N4O3S2. The molecule has 3 aromatic rings. The van der Waals surface area contributed by atoms with Crippen molar-refractivity contribution in [2.45, 2.75) is 11.8 Å². The van der Waals surface area contributed by atoms with Gasteiger partial charge in [0.1, 0.15) is 5.69 Å². The average Bonchev–Trinajstić information content (AvgIpc) is 3.30. The first-order chi connectivity index (χ1) is 12.5. The predicted molar refractivity (Wildman–Crippen MR) is 102 cm³/mol. The van der Waals surface area contributed by atoms with Gasteiger partial charge in [-0.05, 0) is 18.2 Å². The fraction of sp³-hybridized carbons (Fsp3) is 0.118. The smallest absolute Gasteiger partial charge is 0.265 e. The molecule has 26 heavy (non-hydrogen) atoms. The van der Waals surface area contributed by atoms with Crippen LogP contribution in [0.25, 0.3) is 11.3 Å². The summed E-state index contributed by atoms with van der Waals surface area (Å²) in [6, 6.07) is 8.40. The molecule has 0 aliphatic carbocycles. The van der Waals surface area contributed by atoms with Gasteiger partial charge in [-0.3, -0.25) is 19.1 Å². The van der Waals surface area contributed by atoms with Crippen LogP contribution < -0.4 is 11.1 Å². The van der Waals surface area contributed by atoms with Gasteiger partial charge in [-0.2, -0.15) is 0 Å². The van der Waals surface area contributed by atoms with Crippen LogP contribution in [0.3, 0.4) is 0 Å². The number of rotatable bonds is 6. The Balaban J connectivity index is 1.80. The highest BCUT2D eigenvalue weighted by molar-refractivity contribution is 7.85. The molecular weight excluding hydrogens is 372 g/mol. The van der Waals surface area contributed by atoms with Gasteiger partial charge in [0, 0.05) is 22.9 Å². The molecule has 7 nitrogen and oxygen atoms in total. The summed E-state index contributed by atoms with van der Waals surface area (Å²) >= 11 is 1.26. The van der Waals surface area contributed by atoms with E-state index >= 15 is 0 Å². The van der Waals surface area contributed by atoms with Crippen molar-refractivity contribution >= 4 is 39.1 Å². The molecule has 2 heterocycles. The molecule has 9 heteroatoms. The minimum Gasteiger partial charge on any atom is -0.364 e. The highest BCUT2D eigenvalue weighted by Gasteiger charge is 2.16. The Hall–Kier alpha value is -2.78. The molecule has 0 aliphatic rings. The lowest BCUT2D eigenvalue weighted by Crippen LogP contribution is -2.15. The zero-order chi connectivity index (χ0) is 18.7. The Kier molecular flexibility index (Phi) is 5.29. The predicted octanol–water partition coefficient (Wildman–Crippen LogP) is 2.62. The first-order valence-corrected chi connectivity index (χ1v) is 9.92. The molecule has 0 saturated heterocycles. The number of carbonyl (C=O) groups excluding carboxylic acids is 2. The van der Waals surface area contributed by atoms with Crippen LogP contribution in [0.2, 0.25) is 0 Å². The molecule has 4 N–H and O–H groups in total. The highest BCUT2D eigenvalue weighted by Crippen LogP contribution is 2.26. The van der Waals surface area contributed by atoms with E-state index in [9.17, 15) is 13.8 Å². The first kappa shape index (κ1) is 18.0. The van der Waals surface area contributed by atoms with Crippen LogP contribution in [0.5, 0.6) is 0 Å². The fourth-order valence-electron chi connectivity index (χ4n) is 2.32. The van der Waals surface area contributed by atoms with E-state index < -0.39 is 16.7 Å². The first-order valence-electron chi connectivity index (χ1n) is 7.72. The van der Waals surface area contributed by atoms with Gasteiger partial charge < -0.3 is 10.7 Å². The average molecular weight is 388 g/mol. The summed E-state index contributed by atoms with van der Waals surface area (Å²) < 4.78 is 12.1. The van der Waals surface area contributed by atoms with Crippen molar-refractivity contribution in [3.63, 3.8) is 0 Å². The minimum atomic E-state index is -1.23. The molecule has 0 unspecified atom stereocenters. The largest absolute Gasteiger partial charge is 0.364 e. The number of nitrogens with one attached hydrogen (secondary N) is 2. The van der Waals surface area contributed by atoms with Gasteiger partial charge in [-0.25, -0.2) is 4.98 Å². The number of hydrogen-bond donors (Lipinski definition) is 3. The monoisotopic (exact) mass is 388 g/mol. The SMILES string of the molecule is CC[S@](=O)c1ccccc1C(=O)Nc1nc(-c2c[nH]c(C(N)=O)c2)cs1. The lowest BCUT2D eigenvalue weighted by Gasteiger charge is -2.07. The van der Waals surface area contributed by atoms with E-state index in [-0.39, 0.29) is 11.6 Å². The van der Waals surface area contributed by atoms with Gasteiger partial charge in [0.05, 0.1) is 27.0 Å². The number of anilines is 1. The molecule has 0 spiro atoms. The van der Waals surface area contributed by atoms with Gasteiger partial charge in [0.25, 0.3) is 11.8 Å². The molecule has 2 aromatic heterocycles. The van der Waals surface area contributed by atoms with Crippen molar-refractivity contribution in [1.82, 2.24) is 9.97 Å². The quantitative estimate of drug-likeness (QED) is 0.601. The molecule has 0 radical (unpaired) electrons. The van der Waals surface area contributed by atoms with E-state index in [0.29, 0.717) is 32.6 Å². The lowest BCUT2D eigenvalue weighted by atomic mass is 10.2. The second-order valence-corrected chi connectivity index (χ2v) is 7.85. The molecule has 134 valence electrons. The Labute approximate surface area is 156 Å². The molecule has 1 aromatic carbocycles. The molecule has 0 saturated carbocycles. The summed E-state index contributed by atoms with van der Waals surface area (Å²) in [5, 5.41) is 4.90. The summed E-state index contributed by atoms with van der Waals surface area (Å²) in [5.41, 5.74) is 7.18. The number of aromatic amines is 1. The van der Waals surface area contributed by atoms with Crippen molar-refractivity contribution in [2.24, 2.45) is 5.73 Å². The van der Waals surface area contributed by atoms with Crippen molar-refractivity contribution < 1.29 is 13.8 Å². The van der Waals surface area contributed by atoms with Gasteiger partial charge in [0.2, 0.25) is 0 Å². The van der Waals surface area contributed by atoms with Crippen molar-refractivity contribution in [1.29, 1.82) is 0 Å². The number of amides is 2. The highest BCUT2D eigenvalue weighted by atomic mass is 32.2. The van der Waals surface area contributed by atoms with Gasteiger partial charge in [0.15, 0.2) is 5.13 Å². The molecule has 0 aliphatic heterocycles. The van der Waals surface area contributed by atoms with Gasteiger partial charge in [-0.1, -0.05) is 19.1 Å². The van der Waals surface area contributed by atoms with E-state index in [0.717, 1.165) is 0 Å². The number of nitrogens with zero attached hydrogens (tertiary/aromatic N) is 1. The Morgan fingerprint density at radius 2 is 2.12 bits per heavy atom. The van der Waals surface area contributed by atoms with E-state index in [1.807, 2.05) is 0 Å². The van der Waals surface area contributed by atoms with Crippen LogP contribution in [0.1, 0.15) is 27.8 Å². The van der Waals surface area contributed by atoms with Crippen molar-refractivity contribution in [2.75, 3.05) is 11.1 Å². The van der Waals surface area contributed by atoms with E-state index in [1.54, 1.807) is 48.8 Å². The lowest BCUT2D eigenvalue weighted by molar-refractivity contribution is 0.0993. The topological polar surface area (TPSA) is 118 Å². The third kappa shape index (κ3) is 3.73. The number of benzene rings is 1. The van der Waals surface area contributed by atoms with E-state index in [4.69, 9.17) is 5.73 Å². The number of carbonyl (C=O) groups is 2. The second kappa shape index (κ2) is 7.63. The third-order valence-corrected chi connectivity index (χ3v) is 5.74. The number of H-pyrrole nitrogens is 1. The van der Waals surface area contributed by atoms with Crippen LogP contribution in [0.15, 0.2) is 46.8 Å². The standard InChI is InChI=1S/C17H16N4O3S2/c1-2-26(24)14-6-4-3-5-11(14)16(23)21-17-20-13(9-25-17)10-7-12(15(18)22)19-8-10/h3-9,19H,2H2,1H3,(H2,18,22)(H,20,21,23)/t26-/m0/s1. The maximum atomic E-state index is 12.5. The number of thiazole rings is 1.